The summed E-state index contributed by atoms with van der Waals surface area (Å²) in [6.07, 6.45) is 5.04. The number of guanidine groups is 1. The van der Waals surface area contributed by atoms with Crippen molar-refractivity contribution in [1.82, 2.24) is 10.2 Å². The molecule has 1 heterocycles. The topological polar surface area (TPSA) is 27.6 Å². The fraction of sp³-hybridized carbons (Fsp3) is 0.643. The van der Waals surface area contributed by atoms with Gasteiger partial charge in [-0.1, -0.05) is 6.07 Å². The highest BCUT2D eigenvalue weighted by molar-refractivity contribution is 14.0. The molecule has 0 amide bonds. The monoisotopic (exact) mass is 393 g/mol. The summed E-state index contributed by atoms with van der Waals surface area (Å²) in [4.78, 5) is 8.28. The smallest absolute Gasteiger partial charge is 0.193 e. The highest BCUT2D eigenvalue weighted by atomic mass is 127. The van der Waals surface area contributed by atoms with Crippen molar-refractivity contribution in [1.29, 1.82) is 0 Å². The van der Waals surface area contributed by atoms with E-state index in [4.69, 9.17) is 0 Å². The Kier molecular flexibility index (Phi) is 7.75. The third kappa shape index (κ3) is 5.30. The highest BCUT2D eigenvalue weighted by Crippen LogP contribution is 2.18. The second kappa shape index (κ2) is 8.79. The summed E-state index contributed by atoms with van der Waals surface area (Å²) in [7, 11) is 2.13. The second-order valence-corrected chi connectivity index (χ2v) is 5.85. The average molecular weight is 393 g/mol. The molecule has 3 nitrogen and oxygen atoms in total. The molecule has 108 valence electrons. The Morgan fingerprint density at radius 2 is 2.32 bits per heavy atom. The Bertz CT molecular complexity index is 374. The zero-order valence-corrected chi connectivity index (χ0v) is 14.9. The molecule has 0 spiro atoms. The van der Waals surface area contributed by atoms with E-state index in [2.05, 4.69) is 46.7 Å². The third-order valence-corrected chi connectivity index (χ3v) is 4.32. The van der Waals surface area contributed by atoms with Crippen LogP contribution < -0.4 is 5.32 Å². The van der Waals surface area contributed by atoms with Crippen LogP contribution in [0.4, 0.5) is 0 Å². The van der Waals surface area contributed by atoms with Gasteiger partial charge in [0.25, 0.3) is 0 Å². The molecule has 0 aliphatic heterocycles. The number of nitrogens with one attached hydrogen (secondary N) is 1. The number of likely N-dealkylation sites (N-methyl/N-ethyl adjacent to an activating group) is 1. The molecule has 1 aromatic heterocycles. The van der Waals surface area contributed by atoms with Crippen LogP contribution in [0.5, 0.6) is 0 Å². The second-order valence-electron chi connectivity index (χ2n) is 4.82. The van der Waals surface area contributed by atoms with Crippen LogP contribution in [0.1, 0.15) is 31.1 Å². The van der Waals surface area contributed by atoms with Crippen LogP contribution in [0.3, 0.4) is 0 Å². The predicted molar refractivity (Wildman–Crippen MR) is 94.8 cm³/mol. The van der Waals surface area contributed by atoms with Crippen molar-refractivity contribution in [3.8, 4) is 0 Å². The summed E-state index contributed by atoms with van der Waals surface area (Å²) < 4.78 is 0. The molecule has 2 rings (SSSR count). The molecule has 1 fully saturated rings. The Morgan fingerprint density at radius 1 is 1.53 bits per heavy atom. The summed E-state index contributed by atoms with van der Waals surface area (Å²) in [5.74, 6) is 1.07. The normalized spacial score (nSPS) is 15.6. The zero-order chi connectivity index (χ0) is 12.8. The fourth-order valence-corrected chi connectivity index (χ4v) is 2.70. The van der Waals surface area contributed by atoms with E-state index in [1.807, 2.05) is 11.3 Å². The summed E-state index contributed by atoms with van der Waals surface area (Å²) >= 11 is 1.83. The lowest BCUT2D eigenvalue weighted by Gasteiger charge is -2.31. The van der Waals surface area contributed by atoms with Gasteiger partial charge in [-0.15, -0.1) is 35.3 Å². The minimum Gasteiger partial charge on any atom is -0.354 e. The first-order valence-corrected chi connectivity index (χ1v) is 7.72. The van der Waals surface area contributed by atoms with Crippen LogP contribution in [0.2, 0.25) is 0 Å². The molecule has 1 aliphatic rings. The first kappa shape index (κ1) is 16.8. The van der Waals surface area contributed by atoms with Crippen molar-refractivity contribution in [3.05, 3.63) is 22.4 Å². The lowest BCUT2D eigenvalue weighted by molar-refractivity contribution is 0.361. The average Bonchev–Trinajstić information content (AvgIpc) is 2.82. The van der Waals surface area contributed by atoms with Gasteiger partial charge in [-0.3, -0.25) is 4.99 Å². The van der Waals surface area contributed by atoms with E-state index in [0.717, 1.165) is 25.5 Å². The molecule has 0 radical (unpaired) electrons. The van der Waals surface area contributed by atoms with Crippen molar-refractivity contribution in [3.63, 3.8) is 0 Å². The molecule has 0 bridgehead atoms. The number of nitrogens with zero attached hydrogens (tertiary/aromatic N) is 2. The van der Waals surface area contributed by atoms with Crippen molar-refractivity contribution in [2.24, 2.45) is 4.99 Å². The first-order chi connectivity index (χ1) is 8.79. The molecular formula is C14H24IN3S. The SMILES string of the molecule is CCN=C(NC1CCC1)N(C)CCc1cccs1.I. The standard InChI is InChI=1S/C14H23N3S.HI/c1-3-15-14(16-12-6-4-7-12)17(2)10-9-13-8-5-11-18-13;/h5,8,11-12H,3-4,6-7,9-10H2,1-2H3,(H,15,16);1H. The molecule has 1 saturated carbocycles. The number of hydrogen-bond donors (Lipinski definition) is 1. The molecular weight excluding hydrogens is 369 g/mol. The molecule has 0 unspecified atom stereocenters. The molecule has 19 heavy (non-hydrogen) atoms. The van der Waals surface area contributed by atoms with Gasteiger partial charge in [-0.05, 0) is 44.1 Å². The van der Waals surface area contributed by atoms with Gasteiger partial charge in [-0.2, -0.15) is 0 Å². The maximum atomic E-state index is 4.58. The third-order valence-electron chi connectivity index (χ3n) is 3.38. The van der Waals surface area contributed by atoms with Crippen molar-refractivity contribution in [2.45, 2.75) is 38.6 Å². The predicted octanol–water partition coefficient (Wildman–Crippen LogP) is 3.36. The summed E-state index contributed by atoms with van der Waals surface area (Å²) in [5.41, 5.74) is 0. The lowest BCUT2D eigenvalue weighted by atomic mass is 9.93. The van der Waals surface area contributed by atoms with Gasteiger partial charge in [0.15, 0.2) is 5.96 Å². The number of rotatable bonds is 5. The lowest BCUT2D eigenvalue weighted by Crippen LogP contribution is -2.47. The van der Waals surface area contributed by atoms with Crippen molar-refractivity contribution < 1.29 is 0 Å². The van der Waals surface area contributed by atoms with Gasteiger partial charge in [0.05, 0.1) is 0 Å². The van der Waals surface area contributed by atoms with E-state index in [1.165, 1.54) is 24.1 Å². The van der Waals surface area contributed by atoms with Crippen molar-refractivity contribution in [2.75, 3.05) is 20.1 Å². The number of thiophene rings is 1. The van der Waals surface area contributed by atoms with E-state index in [0.29, 0.717) is 6.04 Å². The fourth-order valence-electron chi connectivity index (χ4n) is 2.00. The number of aliphatic imine (C=N–C) groups is 1. The molecule has 0 atom stereocenters. The summed E-state index contributed by atoms with van der Waals surface area (Å²) in [6.45, 7) is 3.97. The van der Waals surface area contributed by atoms with E-state index >= 15 is 0 Å². The van der Waals surface area contributed by atoms with Gasteiger partial charge in [0.2, 0.25) is 0 Å². The van der Waals surface area contributed by atoms with E-state index < -0.39 is 0 Å². The highest BCUT2D eigenvalue weighted by Gasteiger charge is 2.19. The van der Waals surface area contributed by atoms with E-state index in [9.17, 15) is 0 Å². The van der Waals surface area contributed by atoms with Gasteiger partial charge in [0, 0.05) is 31.1 Å². The number of halogens is 1. The maximum Gasteiger partial charge on any atom is 0.193 e. The minimum atomic E-state index is 0. The Balaban J connectivity index is 0.00000180. The minimum absolute atomic E-state index is 0. The van der Waals surface area contributed by atoms with Gasteiger partial charge >= 0.3 is 0 Å². The molecule has 0 saturated heterocycles. The van der Waals surface area contributed by atoms with Crippen LogP contribution in [0.25, 0.3) is 0 Å². The largest absolute Gasteiger partial charge is 0.354 e. The molecule has 1 aliphatic carbocycles. The zero-order valence-electron chi connectivity index (χ0n) is 11.8. The van der Waals surface area contributed by atoms with Gasteiger partial charge < -0.3 is 10.2 Å². The Labute approximate surface area is 137 Å². The van der Waals surface area contributed by atoms with E-state index in [1.54, 1.807) is 0 Å². The molecule has 0 aromatic carbocycles. The quantitative estimate of drug-likeness (QED) is 0.472. The number of hydrogen-bond acceptors (Lipinski definition) is 2. The Hall–Kier alpha value is -0.300. The van der Waals surface area contributed by atoms with Gasteiger partial charge in [-0.25, -0.2) is 0 Å². The Morgan fingerprint density at radius 3 is 2.84 bits per heavy atom. The molecule has 1 aromatic rings. The van der Waals surface area contributed by atoms with Crippen LogP contribution in [0, 0.1) is 0 Å². The van der Waals surface area contributed by atoms with Crippen molar-refractivity contribution >= 4 is 41.3 Å². The van der Waals surface area contributed by atoms with Crippen LogP contribution in [-0.2, 0) is 6.42 Å². The maximum absolute atomic E-state index is 4.58. The molecule has 1 N–H and O–H groups in total. The van der Waals surface area contributed by atoms with Crippen LogP contribution in [-0.4, -0.2) is 37.0 Å². The van der Waals surface area contributed by atoms with Crippen LogP contribution in [0.15, 0.2) is 22.5 Å². The van der Waals surface area contributed by atoms with Crippen LogP contribution >= 0.6 is 35.3 Å². The van der Waals surface area contributed by atoms with Gasteiger partial charge in [0.1, 0.15) is 0 Å². The first-order valence-electron chi connectivity index (χ1n) is 6.84. The molecule has 5 heteroatoms. The summed E-state index contributed by atoms with van der Waals surface area (Å²) in [5, 5.41) is 5.71. The van der Waals surface area contributed by atoms with E-state index in [-0.39, 0.29) is 24.0 Å². The summed E-state index contributed by atoms with van der Waals surface area (Å²) in [6, 6.07) is 4.97.